The monoisotopic (exact) mass is 234 g/mol. The molecule has 17 heavy (non-hydrogen) atoms. The Balaban J connectivity index is 1.94. The van der Waals surface area contributed by atoms with Crippen LogP contribution in [0.15, 0.2) is 24.3 Å². The number of esters is 1. The zero-order chi connectivity index (χ0) is 12.3. The number of rotatable bonds is 4. The molecular formula is C13H18N2O2. The molecule has 0 unspecified atom stereocenters. The van der Waals surface area contributed by atoms with E-state index in [-0.39, 0.29) is 12.1 Å². The summed E-state index contributed by atoms with van der Waals surface area (Å²) in [5.41, 5.74) is 1.63. The van der Waals surface area contributed by atoms with Crippen molar-refractivity contribution in [3.8, 4) is 0 Å². The Kier molecular flexibility index (Phi) is 3.64. The fourth-order valence-electron chi connectivity index (χ4n) is 1.61. The van der Waals surface area contributed by atoms with E-state index in [0.717, 1.165) is 18.8 Å². The van der Waals surface area contributed by atoms with E-state index in [1.165, 1.54) is 0 Å². The molecule has 1 saturated heterocycles. The molecule has 0 spiro atoms. The first-order valence-corrected chi connectivity index (χ1v) is 5.93. The Morgan fingerprint density at radius 1 is 1.35 bits per heavy atom. The van der Waals surface area contributed by atoms with Crippen LogP contribution in [0.4, 0.5) is 5.69 Å². The number of carbonyl (C=O) groups is 1. The standard InChI is InChI=1S/C13H18N2O2/c1-9(2)17-13(16)10-3-5-11(6-4-10)15-12-7-14-8-12/h3-6,9,12,14-15H,7-8H2,1-2H3. The number of anilines is 1. The van der Waals surface area contributed by atoms with E-state index in [9.17, 15) is 4.79 Å². The van der Waals surface area contributed by atoms with Gasteiger partial charge in [0, 0.05) is 18.8 Å². The largest absolute Gasteiger partial charge is 0.459 e. The van der Waals surface area contributed by atoms with Crippen molar-refractivity contribution in [2.24, 2.45) is 0 Å². The van der Waals surface area contributed by atoms with Gasteiger partial charge in [0.2, 0.25) is 0 Å². The lowest BCUT2D eigenvalue weighted by Gasteiger charge is -2.28. The molecule has 1 aliphatic heterocycles. The molecule has 1 aliphatic rings. The molecule has 0 aliphatic carbocycles. The van der Waals surface area contributed by atoms with Gasteiger partial charge in [-0.3, -0.25) is 0 Å². The Hall–Kier alpha value is -1.55. The Labute approximate surface area is 101 Å². The van der Waals surface area contributed by atoms with Crippen molar-refractivity contribution in [2.45, 2.75) is 26.0 Å². The maximum Gasteiger partial charge on any atom is 0.338 e. The van der Waals surface area contributed by atoms with Crippen LogP contribution in [0.5, 0.6) is 0 Å². The average Bonchev–Trinajstić information content (AvgIpc) is 2.23. The lowest BCUT2D eigenvalue weighted by molar-refractivity contribution is 0.0378. The Morgan fingerprint density at radius 2 is 2.00 bits per heavy atom. The molecule has 0 amide bonds. The summed E-state index contributed by atoms with van der Waals surface area (Å²) in [5, 5.41) is 6.57. The second kappa shape index (κ2) is 5.19. The number of benzene rings is 1. The molecule has 0 saturated carbocycles. The van der Waals surface area contributed by atoms with E-state index >= 15 is 0 Å². The molecule has 1 heterocycles. The van der Waals surface area contributed by atoms with Crippen LogP contribution >= 0.6 is 0 Å². The summed E-state index contributed by atoms with van der Waals surface area (Å²) in [6, 6.07) is 7.91. The van der Waals surface area contributed by atoms with Crippen molar-refractivity contribution in [3.63, 3.8) is 0 Å². The van der Waals surface area contributed by atoms with Gasteiger partial charge in [0.05, 0.1) is 17.7 Å². The highest BCUT2D eigenvalue weighted by Gasteiger charge is 2.16. The van der Waals surface area contributed by atoms with Crippen molar-refractivity contribution in [2.75, 3.05) is 18.4 Å². The second-order valence-corrected chi connectivity index (χ2v) is 4.53. The van der Waals surface area contributed by atoms with Gasteiger partial charge in [0.1, 0.15) is 0 Å². The summed E-state index contributed by atoms with van der Waals surface area (Å²) in [6.45, 7) is 5.68. The van der Waals surface area contributed by atoms with Crippen molar-refractivity contribution < 1.29 is 9.53 Å². The van der Waals surface area contributed by atoms with Gasteiger partial charge in [-0.05, 0) is 38.1 Å². The van der Waals surface area contributed by atoms with Crippen molar-refractivity contribution in [3.05, 3.63) is 29.8 Å². The molecule has 1 fully saturated rings. The van der Waals surface area contributed by atoms with Gasteiger partial charge in [0.25, 0.3) is 0 Å². The number of hydrogen-bond acceptors (Lipinski definition) is 4. The first kappa shape index (κ1) is 11.9. The third kappa shape index (κ3) is 3.20. The fraction of sp³-hybridized carbons (Fsp3) is 0.462. The number of carbonyl (C=O) groups excluding carboxylic acids is 1. The molecule has 0 bridgehead atoms. The van der Waals surface area contributed by atoms with Gasteiger partial charge in [-0.2, -0.15) is 0 Å². The first-order valence-electron chi connectivity index (χ1n) is 5.93. The quantitative estimate of drug-likeness (QED) is 0.778. The van der Waals surface area contributed by atoms with Gasteiger partial charge in [0.15, 0.2) is 0 Å². The van der Waals surface area contributed by atoms with Crippen molar-refractivity contribution in [1.82, 2.24) is 5.32 Å². The molecule has 4 heteroatoms. The van der Waals surface area contributed by atoms with E-state index in [4.69, 9.17) is 4.74 Å². The lowest BCUT2D eigenvalue weighted by Crippen LogP contribution is -2.51. The summed E-state index contributed by atoms with van der Waals surface area (Å²) in [4.78, 5) is 11.6. The molecule has 1 aromatic rings. The van der Waals surface area contributed by atoms with Crippen LogP contribution in [0, 0.1) is 0 Å². The van der Waals surface area contributed by atoms with Crippen LogP contribution in [0.3, 0.4) is 0 Å². The Morgan fingerprint density at radius 3 is 2.47 bits per heavy atom. The minimum absolute atomic E-state index is 0.0821. The number of nitrogens with one attached hydrogen (secondary N) is 2. The van der Waals surface area contributed by atoms with Gasteiger partial charge < -0.3 is 15.4 Å². The summed E-state index contributed by atoms with van der Waals surface area (Å²) in [5.74, 6) is -0.267. The smallest absolute Gasteiger partial charge is 0.338 e. The van der Waals surface area contributed by atoms with Crippen LogP contribution in [-0.2, 0) is 4.74 Å². The van der Waals surface area contributed by atoms with E-state index in [2.05, 4.69) is 10.6 Å². The van der Waals surface area contributed by atoms with Crippen LogP contribution in [-0.4, -0.2) is 31.2 Å². The number of hydrogen-bond donors (Lipinski definition) is 2. The maximum absolute atomic E-state index is 11.6. The zero-order valence-electron chi connectivity index (χ0n) is 10.2. The fourth-order valence-corrected chi connectivity index (χ4v) is 1.61. The van der Waals surface area contributed by atoms with Gasteiger partial charge in [-0.25, -0.2) is 4.79 Å². The zero-order valence-corrected chi connectivity index (χ0v) is 10.2. The van der Waals surface area contributed by atoms with Crippen molar-refractivity contribution >= 4 is 11.7 Å². The highest BCUT2D eigenvalue weighted by Crippen LogP contribution is 2.13. The van der Waals surface area contributed by atoms with Gasteiger partial charge >= 0.3 is 5.97 Å². The van der Waals surface area contributed by atoms with Crippen LogP contribution < -0.4 is 10.6 Å². The van der Waals surface area contributed by atoms with Crippen LogP contribution in [0.2, 0.25) is 0 Å². The minimum atomic E-state index is -0.267. The van der Waals surface area contributed by atoms with E-state index in [1.54, 1.807) is 12.1 Å². The molecule has 2 rings (SSSR count). The third-order valence-electron chi connectivity index (χ3n) is 2.62. The van der Waals surface area contributed by atoms with Crippen molar-refractivity contribution in [1.29, 1.82) is 0 Å². The van der Waals surface area contributed by atoms with Crippen LogP contribution in [0.1, 0.15) is 24.2 Å². The van der Waals surface area contributed by atoms with E-state index in [1.807, 2.05) is 26.0 Å². The molecule has 2 N–H and O–H groups in total. The molecule has 92 valence electrons. The van der Waals surface area contributed by atoms with E-state index in [0.29, 0.717) is 11.6 Å². The molecule has 0 atom stereocenters. The lowest BCUT2D eigenvalue weighted by atomic mass is 10.1. The van der Waals surface area contributed by atoms with Crippen LogP contribution in [0.25, 0.3) is 0 Å². The van der Waals surface area contributed by atoms with E-state index < -0.39 is 0 Å². The summed E-state index contributed by atoms with van der Waals surface area (Å²) in [7, 11) is 0. The molecular weight excluding hydrogens is 216 g/mol. The molecule has 1 aromatic carbocycles. The summed E-state index contributed by atoms with van der Waals surface area (Å²) >= 11 is 0. The highest BCUT2D eigenvalue weighted by atomic mass is 16.5. The molecule has 0 aromatic heterocycles. The highest BCUT2D eigenvalue weighted by molar-refractivity contribution is 5.89. The molecule has 4 nitrogen and oxygen atoms in total. The van der Waals surface area contributed by atoms with Gasteiger partial charge in [-0.15, -0.1) is 0 Å². The average molecular weight is 234 g/mol. The minimum Gasteiger partial charge on any atom is -0.459 e. The Bertz CT molecular complexity index is 383. The first-order chi connectivity index (χ1) is 8.15. The predicted octanol–water partition coefficient (Wildman–Crippen LogP) is 1.64. The third-order valence-corrected chi connectivity index (χ3v) is 2.62. The predicted molar refractivity (Wildman–Crippen MR) is 67.3 cm³/mol. The second-order valence-electron chi connectivity index (χ2n) is 4.53. The number of ether oxygens (including phenoxy) is 1. The maximum atomic E-state index is 11.6. The SMILES string of the molecule is CC(C)OC(=O)c1ccc(NC2CNC2)cc1. The van der Waals surface area contributed by atoms with Gasteiger partial charge in [-0.1, -0.05) is 0 Å². The topological polar surface area (TPSA) is 50.4 Å². The molecule has 0 radical (unpaired) electrons. The summed E-state index contributed by atoms with van der Waals surface area (Å²) < 4.78 is 5.12. The summed E-state index contributed by atoms with van der Waals surface area (Å²) in [6.07, 6.45) is -0.0821. The normalized spacial score (nSPS) is 15.5.